The molecule has 7 rings (SSSR count). The van der Waals surface area contributed by atoms with Crippen LogP contribution >= 0.6 is 23.2 Å². The fourth-order valence-corrected chi connectivity index (χ4v) is 8.39. The maximum absolute atomic E-state index is 16.1. The molecule has 0 unspecified atom stereocenters. The van der Waals surface area contributed by atoms with E-state index in [0.717, 1.165) is 25.7 Å². The quantitative estimate of drug-likeness (QED) is 0.334. The summed E-state index contributed by atoms with van der Waals surface area (Å²) < 4.78 is 20.9. The molecule has 1 saturated carbocycles. The van der Waals surface area contributed by atoms with Gasteiger partial charge in [0.05, 0.1) is 23.6 Å². The van der Waals surface area contributed by atoms with Crippen LogP contribution in [0.25, 0.3) is 0 Å². The number of hydrogen-bond acceptors (Lipinski definition) is 5. The predicted molar refractivity (Wildman–Crippen MR) is 162 cm³/mol. The number of likely N-dealkylation sites (tertiary alicyclic amines) is 1. The number of nitrogens with zero attached hydrogens (tertiary/aromatic N) is 2. The number of anilines is 2. The van der Waals surface area contributed by atoms with Gasteiger partial charge in [-0.3, -0.25) is 14.5 Å². The average Bonchev–Trinajstić information content (AvgIpc) is 3.76. The largest absolute Gasteiger partial charge is 0.465 e. The summed E-state index contributed by atoms with van der Waals surface area (Å²) in [4.78, 5) is 44.9. The van der Waals surface area contributed by atoms with E-state index < -0.39 is 29.2 Å². The molecule has 3 aromatic rings. The van der Waals surface area contributed by atoms with Gasteiger partial charge in [0, 0.05) is 47.0 Å². The Morgan fingerprint density at radius 2 is 1.81 bits per heavy atom. The number of rotatable bonds is 5. The van der Waals surface area contributed by atoms with Crippen LogP contribution in [0.4, 0.5) is 15.8 Å². The number of methoxy groups -OCH3 is 1. The van der Waals surface area contributed by atoms with Crippen LogP contribution in [-0.4, -0.2) is 48.9 Å². The number of nitrogens with one attached hydrogen (secondary N) is 1. The van der Waals surface area contributed by atoms with Crippen molar-refractivity contribution in [3.63, 3.8) is 0 Å². The molecule has 43 heavy (non-hydrogen) atoms. The number of halogens is 3. The Morgan fingerprint density at radius 3 is 2.53 bits per heavy atom. The molecule has 0 radical (unpaired) electrons. The molecule has 3 fully saturated rings. The van der Waals surface area contributed by atoms with E-state index in [0.29, 0.717) is 46.5 Å². The van der Waals surface area contributed by atoms with E-state index in [1.165, 1.54) is 13.2 Å². The molecule has 2 saturated heterocycles. The van der Waals surface area contributed by atoms with E-state index in [4.69, 9.17) is 27.9 Å². The van der Waals surface area contributed by atoms with Crippen molar-refractivity contribution in [2.24, 2.45) is 11.8 Å². The minimum Gasteiger partial charge on any atom is -0.465 e. The second-order valence-corrected chi connectivity index (χ2v) is 12.8. The molecule has 10 heteroatoms. The highest BCUT2D eigenvalue weighted by Crippen LogP contribution is 2.62. The van der Waals surface area contributed by atoms with Crippen LogP contribution in [0.5, 0.6) is 0 Å². The lowest BCUT2D eigenvalue weighted by atomic mass is 9.71. The summed E-state index contributed by atoms with van der Waals surface area (Å²) in [5.41, 5.74) is 1.17. The molecule has 222 valence electrons. The summed E-state index contributed by atoms with van der Waals surface area (Å²) in [5.74, 6) is -2.84. The van der Waals surface area contributed by atoms with Gasteiger partial charge in [0.1, 0.15) is 11.4 Å². The molecule has 4 atom stereocenters. The molecule has 3 aromatic carbocycles. The molecule has 1 spiro atoms. The van der Waals surface area contributed by atoms with E-state index in [1.54, 1.807) is 53.4 Å². The number of benzene rings is 3. The molecule has 1 aliphatic carbocycles. The zero-order valence-electron chi connectivity index (χ0n) is 23.5. The van der Waals surface area contributed by atoms with E-state index in [1.807, 2.05) is 6.07 Å². The highest BCUT2D eigenvalue weighted by molar-refractivity contribution is 6.31. The van der Waals surface area contributed by atoms with Crippen LogP contribution in [0, 0.1) is 17.7 Å². The van der Waals surface area contributed by atoms with Gasteiger partial charge >= 0.3 is 5.97 Å². The van der Waals surface area contributed by atoms with Gasteiger partial charge in [-0.25, -0.2) is 9.18 Å². The van der Waals surface area contributed by atoms with E-state index in [2.05, 4.69) is 10.2 Å². The second kappa shape index (κ2) is 10.6. The highest BCUT2D eigenvalue weighted by atomic mass is 35.5. The first-order chi connectivity index (χ1) is 20.7. The summed E-state index contributed by atoms with van der Waals surface area (Å²) in [6.45, 7) is 0.905. The molecule has 3 aliphatic heterocycles. The minimum atomic E-state index is -1.33. The van der Waals surface area contributed by atoms with Crippen LogP contribution in [0.1, 0.15) is 53.1 Å². The molecule has 3 heterocycles. The Balaban J connectivity index is 1.41. The van der Waals surface area contributed by atoms with Crippen molar-refractivity contribution in [1.82, 2.24) is 4.90 Å². The number of carbonyl (C=O) groups is 3. The SMILES string of the molecule is COC(=O)c1ccc(N2C[C@@H]3[C@H](C2=O)[C@@H](c2cccc(Cl)c2F)[C@@]2(C(=O)Nc4cc(Cl)ccc42)N3CC2CCCC2)cc1. The van der Waals surface area contributed by atoms with E-state index in [9.17, 15) is 14.4 Å². The van der Waals surface area contributed by atoms with Crippen molar-refractivity contribution in [2.75, 3.05) is 30.4 Å². The van der Waals surface area contributed by atoms with Gasteiger partial charge in [-0.05, 0) is 66.8 Å². The van der Waals surface area contributed by atoms with Crippen LogP contribution in [-0.2, 0) is 19.9 Å². The van der Waals surface area contributed by atoms with Gasteiger partial charge < -0.3 is 15.0 Å². The standard InChI is InChI=1S/C33H30Cl2FN3O4/c1-43-31(41)19-9-12-21(13-10-19)38-17-26-27(30(38)40)28(22-7-4-8-24(35)29(22)36)33(39(26)16-18-5-2-3-6-18)23-14-11-20(34)15-25(23)37-32(33)42/h4,7-15,18,26-28H,2-3,5-6,16-17H2,1H3,(H,37,42)/t26-,27+,28-,33+/m1/s1. The molecule has 2 amide bonds. The third-order valence-corrected chi connectivity index (χ3v) is 10.4. The molecular formula is C33H30Cl2FN3O4. The Bertz CT molecular complexity index is 1640. The lowest BCUT2D eigenvalue weighted by molar-refractivity contribution is -0.128. The summed E-state index contributed by atoms with van der Waals surface area (Å²) in [6, 6.07) is 16.4. The highest BCUT2D eigenvalue weighted by Gasteiger charge is 2.71. The number of ether oxygens (including phenoxy) is 1. The van der Waals surface area contributed by atoms with Crippen LogP contribution in [0.3, 0.4) is 0 Å². The fourth-order valence-electron chi connectivity index (χ4n) is 8.04. The Kier molecular flexibility index (Phi) is 6.99. The number of fused-ring (bicyclic) bond motifs is 3. The zero-order valence-corrected chi connectivity index (χ0v) is 25.0. The molecule has 1 N–H and O–H groups in total. The fraction of sp³-hybridized carbons (Fsp3) is 0.364. The number of hydrogen-bond donors (Lipinski definition) is 1. The molecule has 0 aromatic heterocycles. The molecular weight excluding hydrogens is 592 g/mol. The lowest BCUT2D eigenvalue weighted by Gasteiger charge is -2.42. The van der Waals surface area contributed by atoms with Crippen molar-refractivity contribution < 1.29 is 23.5 Å². The van der Waals surface area contributed by atoms with Gasteiger partial charge in [-0.2, -0.15) is 0 Å². The second-order valence-electron chi connectivity index (χ2n) is 11.9. The third-order valence-electron chi connectivity index (χ3n) is 9.83. The smallest absolute Gasteiger partial charge is 0.337 e. The first-order valence-electron chi connectivity index (χ1n) is 14.6. The summed E-state index contributed by atoms with van der Waals surface area (Å²) >= 11 is 12.7. The minimum absolute atomic E-state index is 0.0612. The van der Waals surface area contributed by atoms with Crippen molar-refractivity contribution in [3.05, 3.63) is 93.2 Å². The average molecular weight is 623 g/mol. The number of esters is 1. The normalized spacial score (nSPS) is 26.7. The predicted octanol–water partition coefficient (Wildman–Crippen LogP) is 6.39. The van der Waals surface area contributed by atoms with Crippen molar-refractivity contribution in [1.29, 1.82) is 0 Å². The Hall–Kier alpha value is -3.46. The third kappa shape index (κ3) is 4.21. The van der Waals surface area contributed by atoms with Crippen LogP contribution in [0.2, 0.25) is 10.0 Å². The molecule has 4 aliphatic rings. The monoisotopic (exact) mass is 621 g/mol. The summed E-state index contributed by atoms with van der Waals surface area (Å²) in [6.07, 6.45) is 4.29. The van der Waals surface area contributed by atoms with E-state index in [-0.39, 0.29) is 28.4 Å². The summed E-state index contributed by atoms with van der Waals surface area (Å²) in [5, 5.41) is 3.45. The van der Waals surface area contributed by atoms with Gasteiger partial charge in [-0.1, -0.05) is 54.2 Å². The van der Waals surface area contributed by atoms with Crippen LogP contribution < -0.4 is 10.2 Å². The molecule has 0 bridgehead atoms. The zero-order chi connectivity index (χ0) is 30.0. The maximum atomic E-state index is 16.1. The van der Waals surface area contributed by atoms with Gasteiger partial charge in [0.2, 0.25) is 11.8 Å². The topological polar surface area (TPSA) is 78.9 Å². The van der Waals surface area contributed by atoms with Crippen molar-refractivity contribution in [2.45, 2.75) is 43.2 Å². The number of amides is 2. The van der Waals surface area contributed by atoms with Crippen molar-refractivity contribution >= 4 is 52.4 Å². The summed E-state index contributed by atoms with van der Waals surface area (Å²) in [7, 11) is 1.32. The van der Waals surface area contributed by atoms with Gasteiger partial charge in [0.25, 0.3) is 0 Å². The maximum Gasteiger partial charge on any atom is 0.337 e. The lowest BCUT2D eigenvalue weighted by Crippen LogP contribution is -2.55. The van der Waals surface area contributed by atoms with Gasteiger partial charge in [0.15, 0.2) is 0 Å². The first-order valence-corrected chi connectivity index (χ1v) is 15.3. The van der Waals surface area contributed by atoms with Gasteiger partial charge in [-0.15, -0.1) is 0 Å². The first kappa shape index (κ1) is 28.3. The molecule has 7 nitrogen and oxygen atoms in total. The Labute approximate surface area is 258 Å². The van der Waals surface area contributed by atoms with Crippen LogP contribution in [0.15, 0.2) is 60.7 Å². The number of carbonyl (C=O) groups excluding carboxylic acids is 3. The Morgan fingerprint density at radius 1 is 1.07 bits per heavy atom. The van der Waals surface area contributed by atoms with E-state index >= 15 is 4.39 Å². The van der Waals surface area contributed by atoms with Crippen molar-refractivity contribution in [3.8, 4) is 0 Å².